The lowest BCUT2D eigenvalue weighted by atomic mass is 9.84. The van der Waals surface area contributed by atoms with Crippen molar-refractivity contribution in [2.45, 2.75) is 38.7 Å². The first-order valence-corrected chi connectivity index (χ1v) is 6.58. The summed E-state index contributed by atoms with van der Waals surface area (Å²) in [5.74, 6) is 1.15. The maximum absolute atomic E-state index is 10.4. The number of hydrogen-bond acceptors (Lipinski definition) is 2. The Kier molecular flexibility index (Phi) is 3.85. The summed E-state index contributed by atoms with van der Waals surface area (Å²) in [6.45, 7) is 4.74. The summed E-state index contributed by atoms with van der Waals surface area (Å²) in [6, 6.07) is 8.37. The topological polar surface area (TPSA) is 46.2 Å². The molecule has 1 aromatic carbocycles. The van der Waals surface area contributed by atoms with Gasteiger partial charge in [-0.25, -0.2) is 0 Å². The van der Waals surface area contributed by atoms with Crippen molar-refractivity contribution in [3.63, 3.8) is 0 Å². The molecule has 94 valence electrons. The Morgan fingerprint density at radius 3 is 2.35 bits per heavy atom. The molecule has 0 saturated heterocycles. The van der Waals surface area contributed by atoms with Crippen LogP contribution in [-0.4, -0.2) is 17.8 Å². The molecule has 0 radical (unpaired) electrons. The van der Waals surface area contributed by atoms with Gasteiger partial charge in [0.15, 0.2) is 0 Å². The van der Waals surface area contributed by atoms with E-state index in [2.05, 4.69) is 38.1 Å². The van der Waals surface area contributed by atoms with Gasteiger partial charge in [-0.2, -0.15) is 0 Å². The molecule has 0 heterocycles. The summed E-state index contributed by atoms with van der Waals surface area (Å²) in [5.41, 5.74) is 8.25. The van der Waals surface area contributed by atoms with E-state index in [1.165, 1.54) is 18.4 Å². The second-order valence-corrected chi connectivity index (χ2v) is 5.44. The smallest absolute Gasteiger partial charge is 0.0648 e. The average Bonchev–Trinajstić information content (AvgIpc) is 3.15. The lowest BCUT2D eigenvalue weighted by Gasteiger charge is -2.27. The summed E-state index contributed by atoms with van der Waals surface area (Å²) < 4.78 is 0. The van der Waals surface area contributed by atoms with E-state index in [9.17, 15) is 5.11 Å². The lowest BCUT2D eigenvalue weighted by Crippen LogP contribution is -2.32. The van der Waals surface area contributed by atoms with Crippen LogP contribution in [-0.2, 0) is 0 Å². The molecule has 1 aliphatic rings. The second kappa shape index (κ2) is 5.19. The van der Waals surface area contributed by atoms with Crippen LogP contribution in [0.1, 0.15) is 36.8 Å². The van der Waals surface area contributed by atoms with Crippen LogP contribution in [0.4, 0.5) is 0 Å². The van der Waals surface area contributed by atoms with Crippen LogP contribution in [0.2, 0.25) is 0 Å². The number of aliphatic hydroxyl groups is 1. The molecule has 1 aromatic rings. The molecule has 3 unspecified atom stereocenters. The predicted octanol–water partition coefficient (Wildman–Crippen LogP) is 2.44. The van der Waals surface area contributed by atoms with Crippen molar-refractivity contribution in [3.8, 4) is 0 Å². The van der Waals surface area contributed by atoms with Gasteiger partial charge in [0, 0.05) is 12.5 Å². The van der Waals surface area contributed by atoms with Crippen molar-refractivity contribution in [1.82, 2.24) is 0 Å². The van der Waals surface area contributed by atoms with Gasteiger partial charge in [0.1, 0.15) is 0 Å². The van der Waals surface area contributed by atoms with Gasteiger partial charge in [-0.05, 0) is 37.2 Å². The van der Waals surface area contributed by atoms with Crippen LogP contribution < -0.4 is 5.73 Å². The third-order valence-electron chi connectivity index (χ3n) is 4.08. The Balaban J connectivity index is 2.11. The zero-order valence-corrected chi connectivity index (χ0v) is 10.8. The van der Waals surface area contributed by atoms with Gasteiger partial charge in [-0.1, -0.05) is 36.8 Å². The standard InChI is InChI=1S/C15H23NO/c1-10-3-5-13(6-4-10)14(9-16)15(17)11(2)12-7-8-12/h3-6,11-12,14-15,17H,7-9,16H2,1-2H3. The van der Waals surface area contributed by atoms with Crippen molar-refractivity contribution in [3.05, 3.63) is 35.4 Å². The molecule has 0 amide bonds. The molecule has 3 N–H and O–H groups in total. The van der Waals surface area contributed by atoms with Gasteiger partial charge in [0.2, 0.25) is 0 Å². The molecule has 0 spiro atoms. The first-order valence-electron chi connectivity index (χ1n) is 6.58. The average molecular weight is 233 g/mol. The van der Waals surface area contributed by atoms with Crippen LogP contribution in [0, 0.1) is 18.8 Å². The fraction of sp³-hybridized carbons (Fsp3) is 0.600. The minimum atomic E-state index is -0.310. The highest BCUT2D eigenvalue weighted by molar-refractivity contribution is 5.26. The third-order valence-corrected chi connectivity index (χ3v) is 4.08. The molecule has 1 aliphatic carbocycles. The Morgan fingerprint density at radius 2 is 1.88 bits per heavy atom. The van der Waals surface area contributed by atoms with Crippen LogP contribution in [0.3, 0.4) is 0 Å². The SMILES string of the molecule is Cc1ccc(C(CN)C(O)C(C)C2CC2)cc1. The van der Waals surface area contributed by atoms with Gasteiger partial charge >= 0.3 is 0 Å². The number of aryl methyl sites for hydroxylation is 1. The predicted molar refractivity (Wildman–Crippen MR) is 70.9 cm³/mol. The van der Waals surface area contributed by atoms with Crippen LogP contribution in [0.15, 0.2) is 24.3 Å². The zero-order chi connectivity index (χ0) is 12.4. The van der Waals surface area contributed by atoms with E-state index < -0.39 is 0 Å². The molecule has 2 rings (SSSR count). The van der Waals surface area contributed by atoms with E-state index >= 15 is 0 Å². The Hall–Kier alpha value is -0.860. The van der Waals surface area contributed by atoms with Crippen molar-refractivity contribution in [2.24, 2.45) is 17.6 Å². The second-order valence-electron chi connectivity index (χ2n) is 5.44. The summed E-state index contributed by atoms with van der Waals surface area (Å²) in [7, 11) is 0. The monoisotopic (exact) mass is 233 g/mol. The minimum Gasteiger partial charge on any atom is -0.392 e. The quantitative estimate of drug-likeness (QED) is 0.820. The molecule has 2 nitrogen and oxygen atoms in total. The molecular weight excluding hydrogens is 210 g/mol. The number of hydrogen-bond donors (Lipinski definition) is 2. The van der Waals surface area contributed by atoms with Gasteiger partial charge in [0.25, 0.3) is 0 Å². The summed E-state index contributed by atoms with van der Waals surface area (Å²) >= 11 is 0. The molecule has 3 atom stereocenters. The van der Waals surface area contributed by atoms with E-state index in [0.29, 0.717) is 18.4 Å². The molecule has 17 heavy (non-hydrogen) atoms. The Morgan fingerprint density at radius 1 is 1.29 bits per heavy atom. The third kappa shape index (κ3) is 2.88. The molecule has 0 aliphatic heterocycles. The van der Waals surface area contributed by atoms with E-state index in [4.69, 9.17) is 5.73 Å². The fourth-order valence-corrected chi connectivity index (χ4v) is 2.55. The lowest BCUT2D eigenvalue weighted by molar-refractivity contribution is 0.0801. The first kappa shape index (κ1) is 12.6. The molecule has 0 aromatic heterocycles. The molecular formula is C15H23NO. The van der Waals surface area contributed by atoms with Crippen LogP contribution in [0.25, 0.3) is 0 Å². The van der Waals surface area contributed by atoms with E-state index in [1.54, 1.807) is 0 Å². The van der Waals surface area contributed by atoms with Crippen LogP contribution in [0.5, 0.6) is 0 Å². The number of aliphatic hydroxyl groups excluding tert-OH is 1. The normalized spacial score (nSPS) is 20.9. The van der Waals surface area contributed by atoms with Crippen molar-refractivity contribution in [1.29, 1.82) is 0 Å². The Labute approximate surface area is 104 Å². The zero-order valence-electron chi connectivity index (χ0n) is 10.8. The maximum Gasteiger partial charge on any atom is 0.0648 e. The fourth-order valence-electron chi connectivity index (χ4n) is 2.55. The van der Waals surface area contributed by atoms with Crippen molar-refractivity contribution < 1.29 is 5.11 Å². The number of rotatable bonds is 5. The highest BCUT2D eigenvalue weighted by atomic mass is 16.3. The maximum atomic E-state index is 10.4. The van der Waals surface area contributed by atoms with Crippen LogP contribution >= 0.6 is 0 Å². The largest absolute Gasteiger partial charge is 0.392 e. The highest BCUT2D eigenvalue weighted by Gasteiger charge is 2.36. The molecule has 1 fully saturated rings. The number of nitrogens with two attached hydrogens (primary N) is 1. The van der Waals surface area contributed by atoms with Gasteiger partial charge < -0.3 is 10.8 Å². The van der Waals surface area contributed by atoms with Crippen molar-refractivity contribution in [2.75, 3.05) is 6.54 Å². The molecule has 2 heteroatoms. The number of benzene rings is 1. The van der Waals surface area contributed by atoms with Gasteiger partial charge in [-0.3, -0.25) is 0 Å². The first-order chi connectivity index (χ1) is 8.13. The van der Waals surface area contributed by atoms with Crippen molar-refractivity contribution >= 4 is 0 Å². The van der Waals surface area contributed by atoms with E-state index in [-0.39, 0.29) is 12.0 Å². The summed E-state index contributed by atoms with van der Waals surface area (Å²) in [6.07, 6.45) is 2.22. The minimum absolute atomic E-state index is 0.0752. The van der Waals surface area contributed by atoms with Gasteiger partial charge in [-0.15, -0.1) is 0 Å². The van der Waals surface area contributed by atoms with E-state index in [1.807, 2.05) is 0 Å². The molecule has 0 bridgehead atoms. The van der Waals surface area contributed by atoms with Gasteiger partial charge in [0.05, 0.1) is 6.10 Å². The molecule has 1 saturated carbocycles. The highest BCUT2D eigenvalue weighted by Crippen LogP contribution is 2.41. The summed E-state index contributed by atoms with van der Waals surface area (Å²) in [4.78, 5) is 0. The summed E-state index contributed by atoms with van der Waals surface area (Å²) in [5, 5.41) is 10.4. The Bertz CT molecular complexity index is 356. The van der Waals surface area contributed by atoms with E-state index in [0.717, 1.165) is 5.56 Å².